The number of anilines is 1. The number of carbonyl (C=O) groups is 1. The molecule has 1 amide bonds. The third-order valence-corrected chi connectivity index (χ3v) is 7.17. The van der Waals surface area contributed by atoms with Gasteiger partial charge in [-0.15, -0.1) is 11.8 Å². The summed E-state index contributed by atoms with van der Waals surface area (Å²) >= 11 is 1.39. The Labute approximate surface area is 157 Å². The van der Waals surface area contributed by atoms with E-state index in [-0.39, 0.29) is 28.4 Å². The van der Waals surface area contributed by atoms with Crippen LogP contribution in [0.1, 0.15) is 12.0 Å². The van der Waals surface area contributed by atoms with Gasteiger partial charge in [0, 0.05) is 11.3 Å². The van der Waals surface area contributed by atoms with E-state index in [1.165, 1.54) is 11.8 Å². The van der Waals surface area contributed by atoms with Crippen molar-refractivity contribution < 1.29 is 17.9 Å². The van der Waals surface area contributed by atoms with Crippen molar-refractivity contribution >= 4 is 33.2 Å². The Morgan fingerprint density at radius 2 is 2.04 bits per heavy atom. The number of amides is 1. The number of carbonyl (C=O) groups excluding carboxylic acids is 1. The van der Waals surface area contributed by atoms with E-state index < -0.39 is 9.84 Å². The average Bonchev–Trinajstić information content (AvgIpc) is 2.99. The molecule has 1 aliphatic heterocycles. The van der Waals surface area contributed by atoms with Gasteiger partial charge in [0.2, 0.25) is 11.8 Å². The lowest BCUT2D eigenvalue weighted by molar-refractivity contribution is -0.113. The molecule has 0 radical (unpaired) electrons. The van der Waals surface area contributed by atoms with E-state index in [1.54, 1.807) is 18.3 Å². The summed E-state index contributed by atoms with van der Waals surface area (Å²) in [4.78, 5) is 16.2. The molecule has 2 aromatic rings. The predicted molar refractivity (Wildman–Crippen MR) is 103 cm³/mol. The van der Waals surface area contributed by atoms with Gasteiger partial charge in [0.1, 0.15) is 6.61 Å². The van der Waals surface area contributed by atoms with Crippen LogP contribution in [-0.2, 0) is 21.2 Å². The molecule has 8 heteroatoms. The Bertz CT molecular complexity index is 839. The van der Waals surface area contributed by atoms with Crippen LogP contribution in [0.3, 0.4) is 0 Å². The number of sulfone groups is 1. The van der Waals surface area contributed by atoms with E-state index in [0.717, 1.165) is 5.56 Å². The minimum absolute atomic E-state index is 0.0117. The fourth-order valence-electron chi connectivity index (χ4n) is 2.55. The molecule has 0 saturated carbocycles. The molecule has 1 fully saturated rings. The Kier molecular flexibility index (Phi) is 6.16. The number of ether oxygens (including phenoxy) is 1. The number of benzene rings is 1. The minimum Gasteiger partial charge on any atom is -0.473 e. The zero-order valence-electron chi connectivity index (χ0n) is 14.1. The van der Waals surface area contributed by atoms with E-state index in [1.807, 2.05) is 30.3 Å². The number of nitrogens with zero attached hydrogens (tertiary/aromatic N) is 1. The van der Waals surface area contributed by atoms with Gasteiger partial charge in [0.25, 0.3) is 0 Å². The van der Waals surface area contributed by atoms with Crippen molar-refractivity contribution in [1.29, 1.82) is 0 Å². The maximum atomic E-state index is 12.0. The van der Waals surface area contributed by atoms with E-state index in [0.29, 0.717) is 24.6 Å². The third-order valence-electron chi connectivity index (χ3n) is 3.89. The Hall–Kier alpha value is -2.06. The second-order valence-corrected chi connectivity index (χ2v) is 9.56. The topological polar surface area (TPSA) is 85.4 Å². The van der Waals surface area contributed by atoms with Crippen LogP contribution in [0.25, 0.3) is 0 Å². The molecular weight excluding hydrogens is 372 g/mol. The van der Waals surface area contributed by atoms with Crippen LogP contribution in [0.4, 0.5) is 5.69 Å². The third kappa shape index (κ3) is 5.74. The van der Waals surface area contributed by atoms with Gasteiger partial charge in [0.15, 0.2) is 9.84 Å². The molecule has 1 aromatic carbocycles. The van der Waals surface area contributed by atoms with Crippen LogP contribution >= 0.6 is 11.8 Å². The van der Waals surface area contributed by atoms with Gasteiger partial charge >= 0.3 is 0 Å². The molecular formula is C18H20N2O4S2. The van der Waals surface area contributed by atoms with E-state index in [9.17, 15) is 13.2 Å². The average molecular weight is 393 g/mol. The summed E-state index contributed by atoms with van der Waals surface area (Å²) in [5, 5.41) is 2.77. The summed E-state index contributed by atoms with van der Waals surface area (Å²) in [6, 6.07) is 13.2. The van der Waals surface area contributed by atoms with Gasteiger partial charge in [-0.2, -0.15) is 0 Å². The highest BCUT2D eigenvalue weighted by Crippen LogP contribution is 2.24. The summed E-state index contributed by atoms with van der Waals surface area (Å²) in [5.74, 6) is 0.934. The van der Waals surface area contributed by atoms with E-state index in [2.05, 4.69) is 10.3 Å². The molecule has 0 bridgehead atoms. The van der Waals surface area contributed by atoms with Crippen molar-refractivity contribution in [2.24, 2.45) is 0 Å². The Morgan fingerprint density at radius 1 is 1.23 bits per heavy atom. The Morgan fingerprint density at radius 3 is 2.69 bits per heavy atom. The van der Waals surface area contributed by atoms with Crippen LogP contribution in [0.5, 0.6) is 5.88 Å². The highest BCUT2D eigenvalue weighted by atomic mass is 32.2. The van der Waals surface area contributed by atoms with Crippen LogP contribution in [0.2, 0.25) is 0 Å². The van der Waals surface area contributed by atoms with E-state index >= 15 is 0 Å². The van der Waals surface area contributed by atoms with Crippen molar-refractivity contribution in [3.63, 3.8) is 0 Å². The highest BCUT2D eigenvalue weighted by molar-refractivity contribution is 8.02. The van der Waals surface area contributed by atoms with Crippen LogP contribution in [0, 0.1) is 0 Å². The predicted octanol–water partition coefficient (Wildman–Crippen LogP) is 2.52. The summed E-state index contributed by atoms with van der Waals surface area (Å²) in [6.07, 6.45) is 2.16. The molecule has 2 heterocycles. The van der Waals surface area contributed by atoms with Crippen LogP contribution in [0.15, 0.2) is 48.7 Å². The van der Waals surface area contributed by atoms with Crippen molar-refractivity contribution in [1.82, 2.24) is 4.98 Å². The van der Waals surface area contributed by atoms with Crippen LogP contribution in [-0.4, -0.2) is 41.8 Å². The van der Waals surface area contributed by atoms with Gasteiger partial charge < -0.3 is 10.1 Å². The molecule has 1 atom stereocenters. The quantitative estimate of drug-likeness (QED) is 0.779. The maximum absolute atomic E-state index is 12.0. The summed E-state index contributed by atoms with van der Waals surface area (Å²) in [5.41, 5.74) is 1.64. The number of pyridine rings is 1. The highest BCUT2D eigenvalue weighted by Gasteiger charge is 2.28. The van der Waals surface area contributed by atoms with Gasteiger partial charge in [0.05, 0.1) is 29.1 Å². The zero-order chi connectivity index (χ0) is 18.4. The SMILES string of the molecule is O=C(CSC1CCS(=O)(=O)C1)Nc1ccc(OCc2ccccc2)nc1. The molecule has 1 unspecified atom stereocenters. The molecule has 1 aliphatic rings. The van der Waals surface area contributed by atoms with Gasteiger partial charge in [-0.25, -0.2) is 13.4 Å². The maximum Gasteiger partial charge on any atom is 0.234 e. The number of aromatic nitrogens is 1. The molecule has 26 heavy (non-hydrogen) atoms. The van der Waals surface area contributed by atoms with E-state index in [4.69, 9.17) is 4.74 Å². The first-order chi connectivity index (χ1) is 12.5. The summed E-state index contributed by atoms with van der Waals surface area (Å²) in [7, 11) is -2.91. The van der Waals surface area contributed by atoms with Crippen molar-refractivity contribution in [3.05, 3.63) is 54.2 Å². The lowest BCUT2D eigenvalue weighted by Gasteiger charge is -2.09. The first kappa shape index (κ1) is 18.7. The lowest BCUT2D eigenvalue weighted by Crippen LogP contribution is -2.17. The van der Waals surface area contributed by atoms with Gasteiger partial charge in [-0.05, 0) is 18.1 Å². The lowest BCUT2D eigenvalue weighted by atomic mass is 10.2. The fraction of sp³-hybridized carbons (Fsp3) is 0.333. The van der Waals surface area contributed by atoms with Gasteiger partial charge in [-0.1, -0.05) is 30.3 Å². The first-order valence-electron chi connectivity index (χ1n) is 8.25. The number of rotatable bonds is 7. The molecule has 1 N–H and O–H groups in total. The second kappa shape index (κ2) is 8.55. The number of hydrogen-bond donors (Lipinski definition) is 1. The van der Waals surface area contributed by atoms with Crippen molar-refractivity contribution in [3.8, 4) is 5.88 Å². The molecule has 6 nitrogen and oxygen atoms in total. The number of hydrogen-bond acceptors (Lipinski definition) is 6. The molecule has 0 spiro atoms. The van der Waals surface area contributed by atoms with Crippen LogP contribution < -0.4 is 10.1 Å². The minimum atomic E-state index is -2.91. The summed E-state index contributed by atoms with van der Waals surface area (Å²) < 4.78 is 28.4. The molecule has 1 aromatic heterocycles. The Balaban J connectivity index is 1.42. The molecule has 3 rings (SSSR count). The fourth-order valence-corrected chi connectivity index (χ4v) is 6.00. The molecule has 0 aliphatic carbocycles. The summed E-state index contributed by atoms with van der Waals surface area (Å²) in [6.45, 7) is 0.431. The first-order valence-corrected chi connectivity index (χ1v) is 11.1. The number of thioether (sulfide) groups is 1. The monoisotopic (exact) mass is 392 g/mol. The zero-order valence-corrected chi connectivity index (χ0v) is 15.8. The van der Waals surface area contributed by atoms with Crippen molar-refractivity contribution in [2.75, 3.05) is 22.6 Å². The second-order valence-electron chi connectivity index (χ2n) is 6.04. The smallest absolute Gasteiger partial charge is 0.234 e. The number of nitrogens with one attached hydrogen (secondary N) is 1. The normalized spacial score (nSPS) is 18.4. The standard InChI is InChI=1S/C18H20N2O4S2/c21-17(12-25-16-8-9-26(22,23)13-16)20-15-6-7-18(19-10-15)24-11-14-4-2-1-3-5-14/h1-7,10,16H,8-9,11-13H2,(H,20,21). The largest absolute Gasteiger partial charge is 0.473 e. The van der Waals surface area contributed by atoms with Crippen molar-refractivity contribution in [2.45, 2.75) is 18.3 Å². The molecule has 1 saturated heterocycles. The van der Waals surface area contributed by atoms with Gasteiger partial charge in [-0.3, -0.25) is 4.79 Å². The molecule has 138 valence electrons.